The molecular weight excluding hydrogens is 316 g/mol. The van der Waals surface area contributed by atoms with Gasteiger partial charge in [-0.1, -0.05) is 25.5 Å². The molecule has 3 N–H and O–H groups in total. The molecule has 132 valence electrons. The Kier molecular flexibility index (Phi) is 8.10. The first-order chi connectivity index (χ1) is 11.5. The lowest BCUT2D eigenvalue weighted by Crippen LogP contribution is -2.34. The van der Waals surface area contributed by atoms with Gasteiger partial charge in [0.15, 0.2) is 12.6 Å². The summed E-state index contributed by atoms with van der Waals surface area (Å²) in [7, 11) is 1.50. The van der Waals surface area contributed by atoms with Crippen LogP contribution < -0.4 is 15.4 Å². The Bertz CT molecular complexity index is 558. The molecule has 1 unspecified atom stereocenters. The molecule has 1 aromatic carbocycles. The smallest absolute Gasteiger partial charge is 0.408 e. The highest BCUT2D eigenvalue weighted by molar-refractivity contribution is 5.81. The maximum atomic E-state index is 11.6. The fourth-order valence-electron chi connectivity index (χ4n) is 1.73. The number of hydrogen-bond acceptors (Lipinski definition) is 5. The van der Waals surface area contributed by atoms with Gasteiger partial charge in [-0.3, -0.25) is 4.79 Å². The Labute approximate surface area is 140 Å². The molecule has 8 nitrogen and oxygen atoms in total. The number of carbonyl (C=O) groups excluding carboxylic acids is 2. The summed E-state index contributed by atoms with van der Waals surface area (Å²) in [5.74, 6) is -1.07. The molecule has 0 aliphatic carbocycles. The molecule has 0 saturated heterocycles. The Morgan fingerprint density at radius 3 is 2.42 bits per heavy atom. The number of rotatable bonds is 9. The molecule has 24 heavy (non-hydrogen) atoms. The van der Waals surface area contributed by atoms with E-state index >= 15 is 0 Å². The van der Waals surface area contributed by atoms with Crippen LogP contribution in [0.2, 0.25) is 0 Å². The first kappa shape index (κ1) is 19.3. The van der Waals surface area contributed by atoms with E-state index in [2.05, 4.69) is 10.6 Å². The number of hydrogen-bond donors (Lipinski definition) is 3. The molecule has 2 amide bonds. The van der Waals surface area contributed by atoms with E-state index in [4.69, 9.17) is 9.47 Å². The average molecular weight is 338 g/mol. The molecule has 1 aromatic rings. The van der Waals surface area contributed by atoms with Crippen LogP contribution in [0.4, 0.5) is 4.79 Å². The number of aliphatic carboxylic acids is 1. The van der Waals surface area contributed by atoms with E-state index in [0.29, 0.717) is 17.7 Å². The zero-order valence-corrected chi connectivity index (χ0v) is 13.7. The number of amides is 2. The Hall–Kier alpha value is -2.77. The van der Waals surface area contributed by atoms with Crippen LogP contribution in [-0.2, 0) is 14.3 Å². The highest BCUT2D eigenvalue weighted by Crippen LogP contribution is 2.18. The van der Waals surface area contributed by atoms with Crippen molar-refractivity contribution in [1.82, 2.24) is 10.6 Å². The van der Waals surface area contributed by atoms with Crippen molar-refractivity contribution < 1.29 is 29.0 Å². The maximum Gasteiger partial charge on any atom is 0.408 e. The number of nitrogens with one attached hydrogen (secondary N) is 2. The zero-order valence-electron chi connectivity index (χ0n) is 13.7. The summed E-state index contributed by atoms with van der Waals surface area (Å²) >= 11 is 0. The summed E-state index contributed by atoms with van der Waals surface area (Å²) in [4.78, 5) is 34.1. The van der Waals surface area contributed by atoms with Crippen molar-refractivity contribution in [2.24, 2.45) is 0 Å². The van der Waals surface area contributed by atoms with Gasteiger partial charge in [-0.15, -0.1) is 0 Å². The number of unbranched alkanes of at least 4 members (excludes halogenated alkanes) is 1. The number of benzene rings is 1. The second kappa shape index (κ2) is 10.1. The van der Waals surface area contributed by atoms with Gasteiger partial charge in [-0.05, 0) is 24.1 Å². The van der Waals surface area contributed by atoms with Crippen LogP contribution in [0.3, 0.4) is 0 Å². The lowest BCUT2D eigenvalue weighted by molar-refractivity contribution is -0.139. The highest BCUT2D eigenvalue weighted by atomic mass is 16.5. The van der Waals surface area contributed by atoms with Crippen molar-refractivity contribution in [3.63, 3.8) is 0 Å². The third kappa shape index (κ3) is 6.55. The Morgan fingerprint density at radius 2 is 1.88 bits per heavy atom. The van der Waals surface area contributed by atoms with Crippen molar-refractivity contribution in [2.75, 3.05) is 20.3 Å². The van der Waals surface area contributed by atoms with Crippen LogP contribution in [0.5, 0.6) is 5.75 Å². The average Bonchev–Trinajstić information content (AvgIpc) is 2.58. The molecule has 8 heteroatoms. The van der Waals surface area contributed by atoms with Crippen LogP contribution >= 0.6 is 0 Å². The molecular formula is C16H22N2O6. The minimum Gasteiger partial charge on any atom is -0.484 e. The summed E-state index contributed by atoms with van der Waals surface area (Å²) in [5, 5.41) is 14.0. The second-order valence-corrected chi connectivity index (χ2v) is 4.94. The SMILES string of the molecule is CCCCOC(=O)NC(C(=O)O)c1ccc(OCC(=O)NC)cc1. The van der Waals surface area contributed by atoms with Gasteiger partial charge in [-0.2, -0.15) is 0 Å². The predicted octanol–water partition coefficient (Wildman–Crippen LogP) is 1.46. The van der Waals surface area contributed by atoms with Crippen LogP contribution in [-0.4, -0.2) is 43.3 Å². The van der Waals surface area contributed by atoms with Gasteiger partial charge in [0.25, 0.3) is 5.91 Å². The quantitative estimate of drug-likeness (QED) is 0.587. The van der Waals surface area contributed by atoms with Gasteiger partial charge in [0.2, 0.25) is 0 Å². The molecule has 0 heterocycles. The molecule has 0 bridgehead atoms. The van der Waals surface area contributed by atoms with E-state index in [0.717, 1.165) is 6.42 Å². The second-order valence-electron chi connectivity index (χ2n) is 4.94. The number of carboxylic acid groups (broad SMARTS) is 1. The van der Waals surface area contributed by atoms with Gasteiger partial charge < -0.3 is 25.2 Å². The largest absolute Gasteiger partial charge is 0.484 e. The predicted molar refractivity (Wildman–Crippen MR) is 85.8 cm³/mol. The minimum atomic E-state index is -1.23. The summed E-state index contributed by atoms with van der Waals surface area (Å²) < 4.78 is 10.1. The van der Waals surface area contributed by atoms with Gasteiger partial charge in [0, 0.05) is 7.05 Å². The topological polar surface area (TPSA) is 114 Å². The minimum absolute atomic E-state index is 0.139. The van der Waals surface area contributed by atoms with Crippen molar-refractivity contribution >= 4 is 18.0 Å². The normalized spacial score (nSPS) is 11.2. The van der Waals surface area contributed by atoms with Crippen molar-refractivity contribution in [3.05, 3.63) is 29.8 Å². The summed E-state index contributed by atoms with van der Waals surface area (Å²) in [6.45, 7) is 2.05. The molecule has 0 spiro atoms. The fraction of sp³-hybridized carbons (Fsp3) is 0.438. The molecule has 0 saturated carbocycles. The Morgan fingerprint density at radius 1 is 1.21 bits per heavy atom. The number of carboxylic acids is 1. The van der Waals surface area contributed by atoms with Crippen LogP contribution in [0, 0.1) is 0 Å². The number of carbonyl (C=O) groups is 3. The molecule has 0 aliphatic heterocycles. The van der Waals surface area contributed by atoms with Gasteiger partial charge in [0.05, 0.1) is 6.61 Å². The third-order valence-electron chi connectivity index (χ3n) is 3.10. The van der Waals surface area contributed by atoms with E-state index in [-0.39, 0.29) is 19.1 Å². The van der Waals surface area contributed by atoms with E-state index in [9.17, 15) is 19.5 Å². The first-order valence-electron chi connectivity index (χ1n) is 7.57. The van der Waals surface area contributed by atoms with E-state index < -0.39 is 18.1 Å². The van der Waals surface area contributed by atoms with Gasteiger partial charge >= 0.3 is 12.1 Å². The molecule has 0 aliphatic rings. The number of likely N-dealkylation sites (N-methyl/N-ethyl adjacent to an activating group) is 1. The fourth-order valence-corrected chi connectivity index (χ4v) is 1.73. The summed E-state index contributed by atoms with van der Waals surface area (Å²) in [5.41, 5.74) is 0.363. The van der Waals surface area contributed by atoms with Crippen LogP contribution in [0.1, 0.15) is 31.4 Å². The monoisotopic (exact) mass is 338 g/mol. The molecule has 0 aromatic heterocycles. The zero-order chi connectivity index (χ0) is 17.9. The number of alkyl carbamates (subject to hydrolysis) is 1. The third-order valence-corrected chi connectivity index (χ3v) is 3.10. The standard InChI is InChI=1S/C16H22N2O6/c1-3-4-9-23-16(22)18-14(15(20)21)11-5-7-12(8-6-11)24-10-13(19)17-2/h5-8,14H,3-4,9-10H2,1-2H3,(H,17,19)(H,18,22)(H,20,21). The lowest BCUT2D eigenvalue weighted by Gasteiger charge is -2.15. The highest BCUT2D eigenvalue weighted by Gasteiger charge is 2.22. The van der Waals surface area contributed by atoms with Crippen molar-refractivity contribution in [3.8, 4) is 5.75 Å². The molecule has 0 fully saturated rings. The van der Waals surface area contributed by atoms with Gasteiger partial charge in [-0.25, -0.2) is 9.59 Å². The number of ether oxygens (including phenoxy) is 2. The van der Waals surface area contributed by atoms with Crippen molar-refractivity contribution in [1.29, 1.82) is 0 Å². The van der Waals surface area contributed by atoms with E-state index in [1.165, 1.54) is 31.3 Å². The van der Waals surface area contributed by atoms with E-state index in [1.807, 2.05) is 6.92 Å². The van der Waals surface area contributed by atoms with E-state index in [1.54, 1.807) is 0 Å². The molecule has 0 radical (unpaired) electrons. The van der Waals surface area contributed by atoms with Crippen molar-refractivity contribution in [2.45, 2.75) is 25.8 Å². The summed E-state index contributed by atoms with van der Waals surface area (Å²) in [6, 6.07) is 4.83. The molecule has 1 rings (SSSR count). The lowest BCUT2D eigenvalue weighted by atomic mass is 10.1. The summed E-state index contributed by atoms with van der Waals surface area (Å²) in [6.07, 6.45) is 0.797. The van der Waals surface area contributed by atoms with Gasteiger partial charge in [0.1, 0.15) is 5.75 Å². The van der Waals surface area contributed by atoms with Crippen LogP contribution in [0.15, 0.2) is 24.3 Å². The maximum absolute atomic E-state index is 11.6. The first-order valence-corrected chi connectivity index (χ1v) is 7.57. The van der Waals surface area contributed by atoms with Crippen LogP contribution in [0.25, 0.3) is 0 Å². The Balaban J connectivity index is 2.66. The molecule has 1 atom stereocenters.